The molecule has 2 aliphatic heterocycles. The van der Waals surface area contributed by atoms with Gasteiger partial charge in [0.15, 0.2) is 0 Å². The Kier molecular flexibility index (Phi) is 4.99. The van der Waals surface area contributed by atoms with Gasteiger partial charge in [-0.05, 0) is 61.9 Å². The molecule has 30 heavy (non-hydrogen) atoms. The van der Waals surface area contributed by atoms with Gasteiger partial charge in [-0.3, -0.25) is 0 Å². The molecule has 2 aliphatic rings. The Balaban J connectivity index is 1.53. The smallest absolute Gasteiger partial charge is 0.213 e. The van der Waals surface area contributed by atoms with Crippen molar-refractivity contribution in [2.45, 2.75) is 38.6 Å². The molecule has 3 aromatic carbocycles. The maximum atomic E-state index is 6.45. The van der Waals surface area contributed by atoms with Crippen LogP contribution in [0.5, 0.6) is 11.5 Å². The molecule has 0 unspecified atom stereocenters. The van der Waals surface area contributed by atoms with E-state index < -0.39 is 0 Å². The van der Waals surface area contributed by atoms with Gasteiger partial charge in [0.2, 0.25) is 6.23 Å². The maximum absolute atomic E-state index is 6.45. The van der Waals surface area contributed by atoms with Crippen LogP contribution >= 0.6 is 15.9 Å². The highest BCUT2D eigenvalue weighted by molar-refractivity contribution is 9.10. The van der Waals surface area contributed by atoms with Crippen LogP contribution in [-0.4, -0.2) is 16.8 Å². The van der Waals surface area contributed by atoms with Gasteiger partial charge in [0, 0.05) is 22.0 Å². The van der Waals surface area contributed by atoms with Crippen molar-refractivity contribution in [3.8, 4) is 11.5 Å². The van der Waals surface area contributed by atoms with Crippen molar-refractivity contribution in [3.05, 3.63) is 94.0 Å². The second-order valence-corrected chi connectivity index (χ2v) is 8.82. The molecule has 0 radical (unpaired) electrons. The zero-order valence-electron chi connectivity index (χ0n) is 17.0. The van der Waals surface area contributed by atoms with E-state index in [2.05, 4.69) is 63.4 Å². The molecule has 4 nitrogen and oxygen atoms in total. The van der Waals surface area contributed by atoms with Gasteiger partial charge >= 0.3 is 0 Å². The summed E-state index contributed by atoms with van der Waals surface area (Å²) >= 11 is 3.61. The summed E-state index contributed by atoms with van der Waals surface area (Å²) in [5.41, 5.74) is 4.46. The Bertz CT molecular complexity index is 1080. The van der Waals surface area contributed by atoms with Crippen LogP contribution in [0.15, 0.2) is 82.4 Å². The van der Waals surface area contributed by atoms with Gasteiger partial charge in [-0.25, -0.2) is 5.01 Å². The Morgan fingerprint density at radius 2 is 1.80 bits per heavy atom. The zero-order valence-corrected chi connectivity index (χ0v) is 18.5. The minimum absolute atomic E-state index is 0.137. The van der Waals surface area contributed by atoms with Gasteiger partial charge in [-0.15, -0.1) is 0 Å². The third kappa shape index (κ3) is 3.58. The van der Waals surface area contributed by atoms with Crippen molar-refractivity contribution < 1.29 is 9.47 Å². The summed E-state index contributed by atoms with van der Waals surface area (Å²) in [6.07, 6.45) is 0.716. The van der Waals surface area contributed by atoms with Gasteiger partial charge in [0.05, 0.1) is 17.9 Å². The number of nitrogens with zero attached hydrogens (tertiary/aromatic N) is 2. The van der Waals surface area contributed by atoms with E-state index in [1.165, 1.54) is 0 Å². The Morgan fingerprint density at radius 1 is 1.03 bits per heavy atom. The first-order chi connectivity index (χ1) is 14.6. The van der Waals surface area contributed by atoms with Crippen LogP contribution in [-0.2, 0) is 0 Å². The predicted molar refractivity (Wildman–Crippen MR) is 122 cm³/mol. The van der Waals surface area contributed by atoms with E-state index in [0.717, 1.165) is 44.8 Å². The monoisotopic (exact) mass is 462 g/mol. The van der Waals surface area contributed by atoms with Crippen LogP contribution in [0.1, 0.15) is 49.2 Å². The summed E-state index contributed by atoms with van der Waals surface area (Å²) < 4.78 is 13.3. The molecule has 0 fully saturated rings. The first-order valence-electron chi connectivity index (χ1n) is 10.2. The second-order valence-electron chi connectivity index (χ2n) is 7.90. The van der Waals surface area contributed by atoms with Crippen molar-refractivity contribution in [3.63, 3.8) is 0 Å². The average molecular weight is 463 g/mol. The number of hydrazone groups is 1. The van der Waals surface area contributed by atoms with E-state index in [-0.39, 0.29) is 18.4 Å². The Labute approximate surface area is 185 Å². The second kappa shape index (κ2) is 7.80. The molecule has 3 aromatic rings. The third-order valence-corrected chi connectivity index (χ3v) is 5.89. The minimum Gasteiger partial charge on any atom is -0.491 e. The van der Waals surface area contributed by atoms with Crippen molar-refractivity contribution in [1.29, 1.82) is 0 Å². The van der Waals surface area contributed by atoms with Crippen molar-refractivity contribution in [2.75, 3.05) is 0 Å². The number of hydrogen-bond acceptors (Lipinski definition) is 4. The molecule has 0 bridgehead atoms. The molecular formula is C25H23BrN2O2. The number of halogens is 1. The third-order valence-electron chi connectivity index (χ3n) is 5.40. The lowest BCUT2D eigenvalue weighted by molar-refractivity contribution is -0.0191. The number of ether oxygens (including phenoxy) is 2. The predicted octanol–water partition coefficient (Wildman–Crippen LogP) is 6.48. The summed E-state index contributed by atoms with van der Waals surface area (Å²) in [5.74, 6) is 1.77. The molecule has 0 saturated heterocycles. The molecule has 2 heterocycles. The topological polar surface area (TPSA) is 34.1 Å². The molecule has 0 saturated carbocycles. The van der Waals surface area contributed by atoms with Crippen LogP contribution in [0.4, 0.5) is 0 Å². The van der Waals surface area contributed by atoms with E-state index in [1.807, 2.05) is 44.2 Å². The SMILES string of the molecule is CC(C)Oc1ccc([C@@H]2Oc3ccc(Br)cc3[C@H]3CC(c4ccccc4)=NN32)cc1. The highest BCUT2D eigenvalue weighted by Gasteiger charge is 2.41. The van der Waals surface area contributed by atoms with Crippen LogP contribution in [0.3, 0.4) is 0 Å². The van der Waals surface area contributed by atoms with Gasteiger partial charge < -0.3 is 9.47 Å². The molecule has 5 heteroatoms. The van der Waals surface area contributed by atoms with Gasteiger partial charge in [0.25, 0.3) is 0 Å². The lowest BCUT2D eigenvalue weighted by Crippen LogP contribution is -2.33. The van der Waals surface area contributed by atoms with Crippen molar-refractivity contribution in [1.82, 2.24) is 5.01 Å². The van der Waals surface area contributed by atoms with Crippen LogP contribution in [0, 0.1) is 0 Å². The molecule has 2 atom stereocenters. The van der Waals surface area contributed by atoms with Crippen molar-refractivity contribution >= 4 is 21.6 Å². The normalized spacial score (nSPS) is 19.7. The molecule has 152 valence electrons. The highest BCUT2D eigenvalue weighted by Crippen LogP contribution is 2.48. The Morgan fingerprint density at radius 3 is 2.53 bits per heavy atom. The fourth-order valence-electron chi connectivity index (χ4n) is 4.07. The number of benzene rings is 3. The van der Waals surface area contributed by atoms with Crippen LogP contribution in [0.2, 0.25) is 0 Å². The Hall–Kier alpha value is -2.79. The average Bonchev–Trinajstić information content (AvgIpc) is 3.20. The number of fused-ring (bicyclic) bond motifs is 3. The summed E-state index contributed by atoms with van der Waals surface area (Å²) in [7, 11) is 0. The molecule has 0 spiro atoms. The summed E-state index contributed by atoms with van der Waals surface area (Å²) in [4.78, 5) is 0. The van der Waals surface area contributed by atoms with Gasteiger partial charge in [0.1, 0.15) is 11.5 Å². The summed E-state index contributed by atoms with van der Waals surface area (Å²) in [5, 5.41) is 7.12. The molecule has 0 amide bonds. The number of hydrogen-bond donors (Lipinski definition) is 0. The van der Waals surface area contributed by atoms with E-state index in [0.29, 0.717) is 0 Å². The quantitative estimate of drug-likeness (QED) is 0.444. The largest absolute Gasteiger partial charge is 0.491 e. The number of rotatable bonds is 4. The lowest BCUT2D eigenvalue weighted by Gasteiger charge is -2.38. The molecular weight excluding hydrogens is 440 g/mol. The lowest BCUT2D eigenvalue weighted by atomic mass is 9.96. The van der Waals surface area contributed by atoms with Gasteiger partial charge in [-0.1, -0.05) is 46.3 Å². The van der Waals surface area contributed by atoms with Crippen molar-refractivity contribution in [2.24, 2.45) is 5.10 Å². The van der Waals surface area contributed by atoms with E-state index in [1.54, 1.807) is 0 Å². The van der Waals surface area contributed by atoms with Crippen LogP contribution in [0.25, 0.3) is 0 Å². The van der Waals surface area contributed by atoms with E-state index in [9.17, 15) is 0 Å². The summed E-state index contributed by atoms with van der Waals surface area (Å²) in [6.45, 7) is 4.06. The maximum Gasteiger partial charge on any atom is 0.213 e. The van der Waals surface area contributed by atoms with E-state index >= 15 is 0 Å². The first kappa shape index (κ1) is 19.2. The summed E-state index contributed by atoms with van der Waals surface area (Å²) in [6, 6.07) is 24.9. The molecule has 0 aliphatic carbocycles. The van der Waals surface area contributed by atoms with Gasteiger partial charge in [-0.2, -0.15) is 5.10 Å². The molecule has 0 aromatic heterocycles. The molecule has 5 rings (SSSR count). The molecule has 0 N–H and O–H groups in total. The van der Waals surface area contributed by atoms with Crippen LogP contribution < -0.4 is 9.47 Å². The fraction of sp³-hybridized carbons (Fsp3) is 0.240. The standard InChI is InChI=1S/C25H23BrN2O2/c1-16(2)29-20-11-8-18(9-12-20)25-28-23(21-14-19(26)10-13-24(21)30-25)15-22(27-28)17-6-4-3-5-7-17/h3-14,16,23,25H,15H2,1-2H3/t23-,25+/m1/s1. The minimum atomic E-state index is -0.280. The zero-order chi connectivity index (χ0) is 20.7. The highest BCUT2D eigenvalue weighted by atomic mass is 79.9. The first-order valence-corrected chi connectivity index (χ1v) is 11.0. The van der Waals surface area contributed by atoms with E-state index in [4.69, 9.17) is 14.6 Å². The fourth-order valence-corrected chi connectivity index (χ4v) is 4.45.